The van der Waals surface area contributed by atoms with Crippen molar-refractivity contribution in [1.82, 2.24) is 14.5 Å². The van der Waals surface area contributed by atoms with Gasteiger partial charge in [0.15, 0.2) is 0 Å². The fraction of sp³-hybridized carbons (Fsp3) is 0.440. The van der Waals surface area contributed by atoms with Crippen molar-refractivity contribution in [2.24, 2.45) is 0 Å². The highest BCUT2D eigenvalue weighted by molar-refractivity contribution is 7.89. The van der Waals surface area contributed by atoms with Gasteiger partial charge >= 0.3 is 0 Å². The van der Waals surface area contributed by atoms with Crippen molar-refractivity contribution in [3.63, 3.8) is 0 Å². The first kappa shape index (κ1) is 27.1. The molecular formula is C25H32ClN3O5S. The van der Waals surface area contributed by atoms with Crippen LogP contribution in [0.1, 0.15) is 37.3 Å². The van der Waals surface area contributed by atoms with Crippen LogP contribution in [0, 0.1) is 0 Å². The molecule has 0 aliphatic carbocycles. The quantitative estimate of drug-likeness (QED) is 0.472. The summed E-state index contributed by atoms with van der Waals surface area (Å²) in [6.07, 6.45) is 2.32. The molecule has 0 radical (unpaired) electrons. The van der Waals surface area contributed by atoms with E-state index >= 15 is 0 Å². The van der Waals surface area contributed by atoms with Crippen molar-refractivity contribution in [2.45, 2.75) is 50.1 Å². The Morgan fingerprint density at radius 2 is 1.66 bits per heavy atom. The highest BCUT2D eigenvalue weighted by atomic mass is 35.5. The molecule has 10 heteroatoms. The summed E-state index contributed by atoms with van der Waals surface area (Å²) in [7, 11) is -3.48. The number of benzene rings is 2. The van der Waals surface area contributed by atoms with Gasteiger partial charge < -0.3 is 15.3 Å². The fourth-order valence-electron chi connectivity index (χ4n) is 4.00. The molecule has 1 heterocycles. The Bertz CT molecular complexity index is 1100. The average Bonchev–Trinajstić information content (AvgIpc) is 3.41. The molecule has 1 fully saturated rings. The van der Waals surface area contributed by atoms with Crippen LogP contribution < -0.4 is 5.32 Å². The van der Waals surface area contributed by atoms with Gasteiger partial charge in [0.05, 0.1) is 11.5 Å². The highest BCUT2D eigenvalue weighted by Crippen LogP contribution is 2.22. The molecule has 8 nitrogen and oxygen atoms in total. The normalized spacial score (nSPS) is 15.1. The lowest BCUT2D eigenvalue weighted by Crippen LogP contribution is -2.48. The molecule has 3 rings (SSSR count). The second kappa shape index (κ2) is 12.5. The Morgan fingerprint density at radius 1 is 1.06 bits per heavy atom. The minimum Gasteiger partial charge on any atom is -0.395 e. The molecule has 0 saturated carbocycles. The zero-order valence-electron chi connectivity index (χ0n) is 19.8. The van der Waals surface area contributed by atoms with Crippen LogP contribution in [-0.4, -0.2) is 66.8 Å². The van der Waals surface area contributed by atoms with Gasteiger partial charge in [0, 0.05) is 37.6 Å². The van der Waals surface area contributed by atoms with Crippen molar-refractivity contribution in [2.75, 3.05) is 26.2 Å². The minimum atomic E-state index is -3.48. The van der Waals surface area contributed by atoms with Crippen molar-refractivity contribution < 1.29 is 23.1 Å². The summed E-state index contributed by atoms with van der Waals surface area (Å²) in [5.74, 6) is -0.557. The van der Waals surface area contributed by atoms with E-state index in [9.17, 15) is 18.0 Å². The largest absolute Gasteiger partial charge is 0.395 e. The maximum atomic E-state index is 13.2. The van der Waals surface area contributed by atoms with Gasteiger partial charge in [0.2, 0.25) is 21.8 Å². The molecule has 190 valence electrons. The van der Waals surface area contributed by atoms with Crippen LogP contribution in [0.25, 0.3) is 0 Å². The molecule has 0 bridgehead atoms. The zero-order chi connectivity index (χ0) is 25.4. The van der Waals surface area contributed by atoms with Gasteiger partial charge in [-0.3, -0.25) is 9.59 Å². The molecular weight excluding hydrogens is 490 g/mol. The van der Waals surface area contributed by atoms with Crippen LogP contribution in [0.15, 0.2) is 53.4 Å². The lowest BCUT2D eigenvalue weighted by Gasteiger charge is -2.29. The summed E-state index contributed by atoms with van der Waals surface area (Å²) >= 11 is 5.97. The van der Waals surface area contributed by atoms with E-state index in [0.29, 0.717) is 24.5 Å². The Morgan fingerprint density at radius 3 is 2.26 bits per heavy atom. The number of sulfonamides is 1. The summed E-state index contributed by atoms with van der Waals surface area (Å²) in [4.78, 5) is 27.4. The van der Waals surface area contributed by atoms with E-state index in [2.05, 4.69) is 5.32 Å². The molecule has 1 unspecified atom stereocenters. The number of hydrogen-bond acceptors (Lipinski definition) is 5. The Hall–Kier alpha value is -2.46. The number of aliphatic hydroxyl groups excluding tert-OH is 1. The van der Waals surface area contributed by atoms with Gasteiger partial charge in [0.1, 0.15) is 6.04 Å². The van der Waals surface area contributed by atoms with E-state index in [1.807, 2.05) is 0 Å². The maximum absolute atomic E-state index is 13.2. The fourth-order valence-corrected chi connectivity index (χ4v) is 5.64. The van der Waals surface area contributed by atoms with Gasteiger partial charge in [-0.05, 0) is 61.6 Å². The van der Waals surface area contributed by atoms with E-state index < -0.39 is 16.1 Å². The summed E-state index contributed by atoms with van der Waals surface area (Å²) in [6, 6.07) is 13.0. The Balaban J connectivity index is 1.68. The molecule has 2 amide bonds. The summed E-state index contributed by atoms with van der Waals surface area (Å²) in [5, 5.41) is 12.2. The van der Waals surface area contributed by atoms with E-state index in [4.69, 9.17) is 16.7 Å². The third-order valence-corrected chi connectivity index (χ3v) is 8.26. The molecule has 0 spiro atoms. The van der Waals surface area contributed by atoms with Crippen molar-refractivity contribution >= 4 is 33.4 Å². The van der Waals surface area contributed by atoms with Crippen molar-refractivity contribution in [3.8, 4) is 0 Å². The van der Waals surface area contributed by atoms with Gasteiger partial charge in [-0.25, -0.2) is 8.42 Å². The first-order valence-corrected chi connectivity index (χ1v) is 13.6. The molecule has 0 aromatic heterocycles. The third-order valence-electron chi connectivity index (χ3n) is 6.10. The number of rotatable bonds is 11. The average molecular weight is 522 g/mol. The first-order chi connectivity index (χ1) is 16.7. The first-order valence-electron chi connectivity index (χ1n) is 11.7. The van der Waals surface area contributed by atoms with Gasteiger partial charge in [-0.1, -0.05) is 35.9 Å². The van der Waals surface area contributed by atoms with Crippen LogP contribution in [0.3, 0.4) is 0 Å². The number of hydrogen-bond donors (Lipinski definition) is 2. The highest BCUT2D eigenvalue weighted by Gasteiger charge is 2.28. The molecule has 1 atom stereocenters. The number of nitrogens with one attached hydrogen (secondary N) is 1. The molecule has 1 aliphatic heterocycles. The Kier molecular flexibility index (Phi) is 9.68. The summed E-state index contributed by atoms with van der Waals surface area (Å²) in [6.45, 7) is 2.90. The number of aliphatic hydroxyl groups is 1. The second-order valence-electron chi connectivity index (χ2n) is 8.59. The zero-order valence-corrected chi connectivity index (χ0v) is 21.4. The number of carbonyl (C=O) groups is 2. The molecule has 2 aromatic rings. The summed E-state index contributed by atoms with van der Waals surface area (Å²) < 4.78 is 26.9. The van der Waals surface area contributed by atoms with E-state index in [1.165, 1.54) is 9.21 Å². The lowest BCUT2D eigenvalue weighted by molar-refractivity contribution is -0.140. The summed E-state index contributed by atoms with van der Waals surface area (Å²) in [5.41, 5.74) is 1.67. The SMILES string of the molecule is CC(C(=O)NCCO)N(Cc1ccc(Cl)cc1)C(=O)CCc1ccc(S(=O)(=O)N2CCCC2)cc1. The third kappa shape index (κ3) is 7.27. The number of halogens is 1. The van der Waals surface area contributed by atoms with Crippen LogP contribution in [-0.2, 0) is 32.6 Å². The standard InChI is InChI=1S/C25H32ClN3O5S/c1-19(25(32)27-14-17-30)29(18-21-4-9-22(26)10-5-21)24(31)13-8-20-6-11-23(12-7-20)35(33,34)28-15-2-3-16-28/h4-7,9-12,19,30H,2-3,8,13-18H2,1H3,(H,27,32). The van der Waals surface area contributed by atoms with Crippen LogP contribution in [0.2, 0.25) is 5.02 Å². The van der Waals surface area contributed by atoms with Crippen molar-refractivity contribution in [3.05, 3.63) is 64.7 Å². The molecule has 35 heavy (non-hydrogen) atoms. The number of carbonyl (C=O) groups excluding carboxylic acids is 2. The van der Waals surface area contributed by atoms with Gasteiger partial charge in [0.25, 0.3) is 0 Å². The van der Waals surface area contributed by atoms with Crippen LogP contribution in [0.4, 0.5) is 0 Å². The maximum Gasteiger partial charge on any atom is 0.243 e. The predicted molar refractivity (Wildman–Crippen MR) is 134 cm³/mol. The second-order valence-corrected chi connectivity index (χ2v) is 11.0. The van der Waals surface area contributed by atoms with E-state index in [1.54, 1.807) is 55.5 Å². The lowest BCUT2D eigenvalue weighted by atomic mass is 10.1. The van der Waals surface area contributed by atoms with Crippen LogP contribution >= 0.6 is 11.6 Å². The monoisotopic (exact) mass is 521 g/mol. The number of nitrogens with zero attached hydrogens (tertiary/aromatic N) is 2. The smallest absolute Gasteiger partial charge is 0.243 e. The number of aryl methyl sites for hydroxylation is 1. The minimum absolute atomic E-state index is 0.110. The van der Waals surface area contributed by atoms with Gasteiger partial charge in [-0.2, -0.15) is 4.31 Å². The van der Waals surface area contributed by atoms with Crippen molar-refractivity contribution in [1.29, 1.82) is 0 Å². The topological polar surface area (TPSA) is 107 Å². The van der Waals surface area contributed by atoms with E-state index in [0.717, 1.165) is 24.0 Å². The Labute approximate surface area is 211 Å². The van der Waals surface area contributed by atoms with Crippen LogP contribution in [0.5, 0.6) is 0 Å². The number of amides is 2. The molecule has 2 aromatic carbocycles. The molecule has 1 saturated heterocycles. The van der Waals surface area contributed by atoms with E-state index in [-0.39, 0.29) is 42.8 Å². The predicted octanol–water partition coefficient (Wildman–Crippen LogP) is 2.58. The molecule has 2 N–H and O–H groups in total. The van der Waals surface area contributed by atoms with Gasteiger partial charge in [-0.15, -0.1) is 0 Å². The molecule has 1 aliphatic rings.